The number of nitrogens with zero attached hydrogens (tertiary/aromatic N) is 1. The van der Waals surface area contributed by atoms with Gasteiger partial charge in [0.05, 0.1) is 5.71 Å². The Morgan fingerprint density at radius 2 is 2.07 bits per heavy atom. The normalized spacial score (nSPS) is 18.4. The van der Waals surface area contributed by atoms with Crippen LogP contribution in [0.4, 0.5) is 0 Å². The molecule has 0 heterocycles. The lowest BCUT2D eigenvalue weighted by Crippen LogP contribution is -2.03. The summed E-state index contributed by atoms with van der Waals surface area (Å²) < 4.78 is 1.26. The second kappa shape index (κ2) is 4.96. The van der Waals surface area contributed by atoms with Crippen molar-refractivity contribution in [1.82, 2.24) is 0 Å². The summed E-state index contributed by atoms with van der Waals surface area (Å²) in [6.07, 6.45) is 4.64. The first-order chi connectivity index (χ1) is 7.31. The van der Waals surface area contributed by atoms with Gasteiger partial charge in [0, 0.05) is 9.13 Å². The lowest BCUT2D eigenvalue weighted by molar-refractivity contribution is 0.213. The fraction of sp³-hybridized carbons (Fsp3) is 0.417. The third kappa shape index (κ3) is 2.51. The third-order valence-electron chi connectivity index (χ3n) is 2.69. The van der Waals surface area contributed by atoms with Crippen molar-refractivity contribution in [2.24, 2.45) is 5.16 Å². The average molecular weight is 315 g/mol. The summed E-state index contributed by atoms with van der Waals surface area (Å²) in [4.78, 5) is 4.92. The first kappa shape index (κ1) is 10.9. The monoisotopic (exact) mass is 315 g/mol. The Bertz CT molecular complexity index is 387. The Balaban J connectivity index is 2.47. The smallest absolute Gasteiger partial charge is 0.106 e. The molecule has 0 amide bonds. The van der Waals surface area contributed by atoms with E-state index in [0.29, 0.717) is 0 Å². The molecular formula is C12H14INO. The number of hydrogen-bond acceptors (Lipinski definition) is 2. The van der Waals surface area contributed by atoms with Crippen molar-refractivity contribution >= 4 is 28.3 Å². The maximum atomic E-state index is 4.92. The van der Waals surface area contributed by atoms with Crippen LogP contribution in [0.2, 0.25) is 0 Å². The highest BCUT2D eigenvalue weighted by Crippen LogP contribution is 2.23. The lowest BCUT2D eigenvalue weighted by Gasteiger charge is -2.07. The first-order valence-electron chi connectivity index (χ1n) is 5.20. The molecule has 0 unspecified atom stereocenters. The van der Waals surface area contributed by atoms with Gasteiger partial charge in [0.15, 0.2) is 0 Å². The van der Waals surface area contributed by atoms with Gasteiger partial charge in [0.2, 0.25) is 0 Å². The van der Waals surface area contributed by atoms with E-state index in [9.17, 15) is 0 Å². The summed E-state index contributed by atoms with van der Waals surface area (Å²) >= 11 is 2.34. The summed E-state index contributed by atoms with van der Waals surface area (Å²) in [6.45, 7) is 0. The van der Waals surface area contributed by atoms with Crippen LogP contribution < -0.4 is 0 Å². The van der Waals surface area contributed by atoms with Gasteiger partial charge in [-0.2, -0.15) is 0 Å². The summed E-state index contributed by atoms with van der Waals surface area (Å²) in [7, 11) is 1.62. The van der Waals surface area contributed by atoms with Crippen LogP contribution in [0.5, 0.6) is 0 Å². The number of fused-ring (bicyclic) bond motifs is 1. The molecule has 2 nitrogen and oxygen atoms in total. The molecule has 1 aromatic rings. The third-order valence-corrected chi connectivity index (χ3v) is 3.36. The van der Waals surface area contributed by atoms with Gasteiger partial charge in [0.25, 0.3) is 0 Å². The van der Waals surface area contributed by atoms with Crippen molar-refractivity contribution in [3.63, 3.8) is 0 Å². The molecule has 0 radical (unpaired) electrons. The van der Waals surface area contributed by atoms with Gasteiger partial charge in [0.1, 0.15) is 7.11 Å². The number of aryl methyl sites for hydroxylation is 1. The molecule has 0 N–H and O–H groups in total. The van der Waals surface area contributed by atoms with Gasteiger partial charge >= 0.3 is 0 Å². The second-order valence-corrected chi connectivity index (χ2v) is 4.97. The van der Waals surface area contributed by atoms with Crippen molar-refractivity contribution in [2.45, 2.75) is 25.7 Å². The SMILES string of the molecule is CO/N=C1\CCCCc2ccc(I)cc21. The van der Waals surface area contributed by atoms with Gasteiger partial charge in [-0.15, -0.1) is 0 Å². The minimum absolute atomic E-state index is 1.03. The van der Waals surface area contributed by atoms with E-state index >= 15 is 0 Å². The number of halogens is 1. The lowest BCUT2D eigenvalue weighted by atomic mass is 10.0. The van der Waals surface area contributed by atoms with Crippen molar-refractivity contribution in [3.8, 4) is 0 Å². The zero-order valence-electron chi connectivity index (χ0n) is 8.79. The van der Waals surface area contributed by atoms with Crippen LogP contribution in [-0.4, -0.2) is 12.8 Å². The quantitative estimate of drug-likeness (QED) is 0.442. The summed E-state index contributed by atoms with van der Waals surface area (Å²) in [5.41, 5.74) is 3.79. The predicted octanol–water partition coefficient (Wildman–Crippen LogP) is 3.37. The molecule has 0 spiro atoms. The summed E-state index contributed by atoms with van der Waals surface area (Å²) in [6, 6.07) is 6.59. The van der Waals surface area contributed by atoms with Crippen LogP contribution >= 0.6 is 22.6 Å². The Kier molecular flexibility index (Phi) is 3.61. The topological polar surface area (TPSA) is 21.6 Å². The van der Waals surface area contributed by atoms with E-state index in [0.717, 1.165) is 18.6 Å². The van der Waals surface area contributed by atoms with Crippen molar-refractivity contribution in [1.29, 1.82) is 0 Å². The van der Waals surface area contributed by atoms with Gasteiger partial charge in [-0.05, 0) is 66.0 Å². The van der Waals surface area contributed by atoms with Crippen LogP contribution in [-0.2, 0) is 11.3 Å². The van der Waals surface area contributed by atoms with Crippen LogP contribution in [0.1, 0.15) is 30.4 Å². The van der Waals surface area contributed by atoms with Gasteiger partial charge < -0.3 is 4.84 Å². The molecule has 2 rings (SSSR count). The van der Waals surface area contributed by atoms with E-state index in [2.05, 4.69) is 45.9 Å². The number of oxime groups is 1. The summed E-state index contributed by atoms with van der Waals surface area (Å²) in [5, 5.41) is 4.14. The second-order valence-electron chi connectivity index (χ2n) is 3.73. The first-order valence-corrected chi connectivity index (χ1v) is 6.28. The average Bonchev–Trinajstić information content (AvgIpc) is 2.42. The fourth-order valence-electron chi connectivity index (χ4n) is 1.98. The standard InChI is InChI=1S/C12H14INO/c1-15-14-12-5-3-2-4-9-6-7-10(13)8-11(9)12/h6-8H,2-5H2,1H3/b14-12+. The highest BCUT2D eigenvalue weighted by molar-refractivity contribution is 14.1. The van der Waals surface area contributed by atoms with Crippen molar-refractivity contribution in [2.75, 3.05) is 7.11 Å². The molecule has 15 heavy (non-hydrogen) atoms. The molecule has 0 aromatic heterocycles. The molecule has 0 saturated carbocycles. The Morgan fingerprint density at radius 1 is 1.27 bits per heavy atom. The van der Waals surface area contributed by atoms with E-state index < -0.39 is 0 Å². The molecule has 0 atom stereocenters. The van der Waals surface area contributed by atoms with Crippen molar-refractivity contribution < 1.29 is 4.84 Å². The molecule has 3 heteroatoms. The Hall–Kier alpha value is -0.580. The van der Waals surface area contributed by atoms with Gasteiger partial charge in [-0.1, -0.05) is 11.2 Å². The maximum absolute atomic E-state index is 4.92. The van der Waals surface area contributed by atoms with Crippen LogP contribution in [0.15, 0.2) is 23.4 Å². The number of benzene rings is 1. The van der Waals surface area contributed by atoms with Gasteiger partial charge in [-0.25, -0.2) is 0 Å². The number of rotatable bonds is 1. The zero-order chi connectivity index (χ0) is 10.7. The largest absolute Gasteiger partial charge is 0.399 e. The van der Waals surface area contributed by atoms with Crippen LogP contribution in [0, 0.1) is 3.57 Å². The van der Waals surface area contributed by atoms with Crippen molar-refractivity contribution in [3.05, 3.63) is 32.9 Å². The molecule has 80 valence electrons. The Labute approximate surface area is 104 Å². The van der Waals surface area contributed by atoms with E-state index in [1.807, 2.05) is 0 Å². The predicted molar refractivity (Wildman–Crippen MR) is 70.3 cm³/mol. The minimum Gasteiger partial charge on any atom is -0.399 e. The molecule has 1 aromatic carbocycles. The molecule has 0 fully saturated rings. The van der Waals surface area contributed by atoms with Crippen LogP contribution in [0.25, 0.3) is 0 Å². The molecule has 0 aliphatic heterocycles. The zero-order valence-corrected chi connectivity index (χ0v) is 11.0. The van der Waals surface area contributed by atoms with Gasteiger partial charge in [-0.3, -0.25) is 0 Å². The molecule has 0 saturated heterocycles. The molecule has 0 bridgehead atoms. The van der Waals surface area contributed by atoms with E-state index in [-0.39, 0.29) is 0 Å². The highest BCUT2D eigenvalue weighted by atomic mass is 127. The molecule has 1 aliphatic carbocycles. The summed E-state index contributed by atoms with van der Waals surface area (Å²) in [5.74, 6) is 0. The van der Waals surface area contributed by atoms with E-state index in [4.69, 9.17) is 4.84 Å². The molecule has 1 aliphatic rings. The minimum atomic E-state index is 1.03. The Morgan fingerprint density at radius 3 is 2.87 bits per heavy atom. The maximum Gasteiger partial charge on any atom is 0.106 e. The van der Waals surface area contributed by atoms with Crippen LogP contribution in [0.3, 0.4) is 0 Å². The van der Waals surface area contributed by atoms with E-state index in [1.54, 1.807) is 7.11 Å². The van der Waals surface area contributed by atoms with E-state index in [1.165, 1.54) is 27.5 Å². The highest BCUT2D eigenvalue weighted by Gasteiger charge is 2.14. The molecular weight excluding hydrogens is 301 g/mol. The number of hydrogen-bond donors (Lipinski definition) is 0. The fourth-order valence-corrected chi connectivity index (χ4v) is 2.47.